The Balaban J connectivity index is 2.21. The fourth-order valence-electron chi connectivity index (χ4n) is 3.23. The van der Waals surface area contributed by atoms with Gasteiger partial charge < -0.3 is 20.3 Å². The van der Waals surface area contributed by atoms with Crippen LogP contribution in [0.2, 0.25) is 0 Å². The number of aliphatic hydroxyl groups is 1. The van der Waals surface area contributed by atoms with Crippen LogP contribution >= 0.6 is 45.5 Å². The SMILES string of the molecule is N#CC(C#N)(C#N)OC(=O)C1(OC(=O)CC(=NI)N=C(N)c2ccc(CI)cc2)CCC(O)CC1. The first kappa shape index (κ1) is 28.4. The van der Waals surface area contributed by atoms with Crippen molar-refractivity contribution in [2.75, 3.05) is 0 Å². The quantitative estimate of drug-likeness (QED) is 0.141. The third-order valence-electron chi connectivity index (χ3n) is 5.22. The highest BCUT2D eigenvalue weighted by molar-refractivity contribution is 14.1. The van der Waals surface area contributed by atoms with Gasteiger partial charge in [-0.15, -0.1) is 0 Å². The Morgan fingerprint density at radius 2 is 1.74 bits per heavy atom. The number of carbonyl (C=O) groups is 2. The number of benzene rings is 1. The smallest absolute Gasteiger partial charge is 0.369 e. The lowest BCUT2D eigenvalue weighted by Gasteiger charge is -2.36. The van der Waals surface area contributed by atoms with Crippen LogP contribution in [0.3, 0.4) is 0 Å². The van der Waals surface area contributed by atoms with E-state index in [0.29, 0.717) is 5.56 Å². The Bertz CT molecular complexity index is 1100. The van der Waals surface area contributed by atoms with Gasteiger partial charge >= 0.3 is 17.5 Å². The Labute approximate surface area is 229 Å². The number of ether oxygens (including phenoxy) is 2. The second-order valence-corrected chi connectivity index (χ2v) is 8.86. The standard InChI is InChI=1S/C22H20I2N6O5/c23-10-14-1-3-15(4-2-14)19(28)29-17(30-24)9-18(32)34-22(7-5-16(31)6-8-22)20(33)35-21(11-25,12-26)13-27/h1-4,16,31H,5-10H2,(H2,28,29,30). The highest BCUT2D eigenvalue weighted by Crippen LogP contribution is 2.35. The summed E-state index contributed by atoms with van der Waals surface area (Å²) in [4.78, 5) is 29.9. The predicted octanol–water partition coefficient (Wildman–Crippen LogP) is 2.54. The van der Waals surface area contributed by atoms with E-state index in [2.05, 4.69) is 30.8 Å². The summed E-state index contributed by atoms with van der Waals surface area (Å²) in [6.45, 7) is 0. The van der Waals surface area contributed by atoms with E-state index < -0.39 is 35.7 Å². The van der Waals surface area contributed by atoms with Gasteiger partial charge in [-0.2, -0.15) is 19.0 Å². The minimum absolute atomic E-state index is 0.0332. The lowest BCUT2D eigenvalue weighted by molar-refractivity contribution is -0.191. The molecule has 0 unspecified atom stereocenters. The number of rotatable bonds is 7. The molecule has 0 aliphatic heterocycles. The number of nitrogens with two attached hydrogens (primary N) is 1. The molecule has 2 rings (SSSR count). The number of carbonyl (C=O) groups excluding carboxylic acids is 2. The molecule has 1 aliphatic rings. The first-order valence-electron chi connectivity index (χ1n) is 10.2. The molecule has 0 spiro atoms. The van der Waals surface area contributed by atoms with Gasteiger partial charge in [0, 0.05) is 22.8 Å². The van der Waals surface area contributed by atoms with Crippen LogP contribution < -0.4 is 5.73 Å². The molecule has 1 aromatic rings. The molecule has 182 valence electrons. The summed E-state index contributed by atoms with van der Waals surface area (Å²) >= 11 is 3.89. The molecule has 1 saturated carbocycles. The number of hydrogen-bond donors (Lipinski definition) is 2. The fourth-order valence-corrected chi connectivity index (χ4v) is 4.02. The van der Waals surface area contributed by atoms with Crippen LogP contribution in [0.4, 0.5) is 0 Å². The maximum absolute atomic E-state index is 12.9. The second-order valence-electron chi connectivity index (χ2n) is 7.61. The topological polar surface area (TPSA) is 195 Å². The van der Waals surface area contributed by atoms with Gasteiger partial charge in [0.2, 0.25) is 5.60 Å². The number of aliphatic imine (C=N–C) groups is 1. The number of aliphatic hydroxyl groups excluding tert-OH is 1. The maximum atomic E-state index is 12.9. The Kier molecular flexibility index (Phi) is 10.4. The van der Waals surface area contributed by atoms with Crippen LogP contribution in [0.5, 0.6) is 0 Å². The third-order valence-corrected chi connectivity index (χ3v) is 6.65. The van der Waals surface area contributed by atoms with Crippen molar-refractivity contribution in [3.05, 3.63) is 35.4 Å². The molecule has 3 N–H and O–H groups in total. The summed E-state index contributed by atoms with van der Waals surface area (Å²) in [5.41, 5.74) is 3.22. The summed E-state index contributed by atoms with van der Waals surface area (Å²) in [5, 5.41) is 37.2. The summed E-state index contributed by atoms with van der Waals surface area (Å²) in [7, 11) is 0. The first-order chi connectivity index (χ1) is 16.7. The largest absolute Gasteiger partial charge is 0.447 e. The van der Waals surface area contributed by atoms with Gasteiger partial charge in [0.1, 0.15) is 36.3 Å². The molecule has 0 amide bonds. The van der Waals surface area contributed by atoms with E-state index >= 15 is 0 Å². The highest BCUT2D eigenvalue weighted by Gasteiger charge is 2.50. The van der Waals surface area contributed by atoms with Gasteiger partial charge in [0.25, 0.3) is 0 Å². The molecule has 0 saturated heterocycles. The summed E-state index contributed by atoms with van der Waals surface area (Å²) in [6, 6.07) is 11.4. The number of hydrogen-bond acceptors (Lipinski definition) is 9. The number of esters is 2. The van der Waals surface area contributed by atoms with Crippen LogP contribution in [-0.4, -0.2) is 46.0 Å². The average Bonchev–Trinajstić information content (AvgIpc) is 2.88. The van der Waals surface area contributed by atoms with Gasteiger partial charge in [-0.05, 0) is 18.4 Å². The zero-order valence-electron chi connectivity index (χ0n) is 18.3. The Hall–Kier alpha value is -2.81. The molecule has 35 heavy (non-hydrogen) atoms. The minimum Gasteiger partial charge on any atom is -0.447 e. The van der Waals surface area contributed by atoms with Crippen LogP contribution in [0.15, 0.2) is 32.5 Å². The minimum atomic E-state index is -2.69. The van der Waals surface area contributed by atoms with Crippen molar-refractivity contribution in [1.82, 2.24) is 0 Å². The molecule has 0 heterocycles. The molecule has 1 fully saturated rings. The van der Waals surface area contributed by atoms with Crippen molar-refractivity contribution in [2.45, 2.75) is 53.8 Å². The molecule has 0 aromatic heterocycles. The van der Waals surface area contributed by atoms with Crippen molar-refractivity contribution < 1.29 is 24.2 Å². The molecule has 11 nitrogen and oxygen atoms in total. The first-order valence-corrected chi connectivity index (χ1v) is 12.7. The Morgan fingerprint density at radius 3 is 2.23 bits per heavy atom. The zero-order chi connectivity index (χ0) is 26.1. The lowest BCUT2D eigenvalue weighted by Crippen LogP contribution is -2.51. The number of amidine groups is 2. The van der Waals surface area contributed by atoms with E-state index in [4.69, 9.17) is 31.0 Å². The van der Waals surface area contributed by atoms with E-state index in [0.717, 1.165) is 9.99 Å². The highest BCUT2D eigenvalue weighted by atomic mass is 127. The molecule has 13 heteroatoms. The van der Waals surface area contributed by atoms with Crippen molar-refractivity contribution in [2.24, 2.45) is 13.9 Å². The van der Waals surface area contributed by atoms with Crippen molar-refractivity contribution in [1.29, 1.82) is 15.8 Å². The van der Waals surface area contributed by atoms with Crippen molar-refractivity contribution in [3.8, 4) is 18.2 Å². The number of nitriles is 3. The average molecular weight is 702 g/mol. The van der Waals surface area contributed by atoms with Crippen molar-refractivity contribution in [3.63, 3.8) is 0 Å². The van der Waals surface area contributed by atoms with Gasteiger partial charge in [-0.1, -0.05) is 46.9 Å². The van der Waals surface area contributed by atoms with E-state index in [1.807, 2.05) is 12.1 Å². The molecular weight excluding hydrogens is 682 g/mol. The molecule has 1 aliphatic carbocycles. The summed E-state index contributed by atoms with van der Waals surface area (Å²) in [6.07, 6.45) is -1.20. The van der Waals surface area contributed by atoms with E-state index in [1.165, 1.54) is 18.2 Å². The van der Waals surface area contributed by atoms with Gasteiger partial charge in [-0.3, -0.25) is 4.79 Å². The summed E-state index contributed by atoms with van der Waals surface area (Å²) in [5.74, 6) is -1.94. The molecular formula is C22H20I2N6O5. The molecule has 1 aromatic carbocycles. The Morgan fingerprint density at radius 1 is 1.17 bits per heavy atom. The second kappa shape index (κ2) is 12.8. The fraction of sp³-hybridized carbons (Fsp3) is 0.409. The van der Waals surface area contributed by atoms with E-state index in [-0.39, 0.29) is 37.4 Å². The predicted molar refractivity (Wildman–Crippen MR) is 140 cm³/mol. The lowest BCUT2D eigenvalue weighted by atomic mass is 9.83. The molecule has 0 bridgehead atoms. The van der Waals surface area contributed by atoms with Crippen LogP contribution in [0.1, 0.15) is 43.2 Å². The number of nitrogens with zero attached hydrogens (tertiary/aromatic N) is 5. The zero-order valence-corrected chi connectivity index (χ0v) is 22.6. The van der Waals surface area contributed by atoms with Crippen molar-refractivity contribution >= 4 is 69.1 Å². The molecule has 0 radical (unpaired) electrons. The van der Waals surface area contributed by atoms with Gasteiger partial charge in [0.15, 0.2) is 0 Å². The van der Waals surface area contributed by atoms with Crippen LogP contribution in [0.25, 0.3) is 0 Å². The van der Waals surface area contributed by atoms with E-state index in [1.54, 1.807) is 35.0 Å². The number of alkyl halides is 1. The third kappa shape index (κ3) is 7.34. The summed E-state index contributed by atoms with van der Waals surface area (Å²) < 4.78 is 15.1. The van der Waals surface area contributed by atoms with Gasteiger partial charge in [0.05, 0.1) is 29.0 Å². The maximum Gasteiger partial charge on any atom is 0.369 e. The molecule has 0 atom stereocenters. The monoisotopic (exact) mass is 702 g/mol. The van der Waals surface area contributed by atoms with E-state index in [9.17, 15) is 14.7 Å². The normalized spacial score (nSPS) is 20.6. The number of halogens is 2. The van der Waals surface area contributed by atoms with Crippen LogP contribution in [-0.2, 0) is 23.5 Å². The van der Waals surface area contributed by atoms with Crippen LogP contribution in [0, 0.1) is 34.0 Å². The van der Waals surface area contributed by atoms with Gasteiger partial charge in [-0.25, -0.2) is 9.79 Å².